The van der Waals surface area contributed by atoms with Crippen LogP contribution in [-0.2, 0) is 10.2 Å². The van der Waals surface area contributed by atoms with Crippen molar-refractivity contribution in [2.75, 3.05) is 13.6 Å². The topological polar surface area (TPSA) is 49.4 Å². The van der Waals surface area contributed by atoms with Crippen LogP contribution in [0.15, 0.2) is 0 Å². The molecule has 0 saturated carbocycles. The molecule has 0 aromatic heterocycles. The highest BCUT2D eigenvalue weighted by Gasteiger charge is 2.20. The van der Waals surface area contributed by atoms with Crippen LogP contribution in [0.4, 0.5) is 0 Å². The van der Waals surface area contributed by atoms with E-state index in [-0.39, 0.29) is 6.04 Å². The van der Waals surface area contributed by atoms with E-state index in [0.717, 1.165) is 12.8 Å². The maximum Gasteiger partial charge on any atom is 0.279 e. The van der Waals surface area contributed by atoms with Crippen molar-refractivity contribution in [2.24, 2.45) is 5.92 Å². The number of nitrogens with one attached hydrogen (secondary N) is 1. The SMILES string of the molecule is CCC(CC)CNS(=O)(=O)N(C)C(C)C. The van der Waals surface area contributed by atoms with Gasteiger partial charge in [-0.2, -0.15) is 12.7 Å². The third kappa shape index (κ3) is 4.95. The average Bonchev–Trinajstić information content (AvgIpc) is 2.18. The summed E-state index contributed by atoms with van der Waals surface area (Å²) < 4.78 is 27.4. The molecule has 0 fully saturated rings. The first kappa shape index (κ1) is 14.9. The number of hydrogen-bond donors (Lipinski definition) is 1. The van der Waals surface area contributed by atoms with Crippen LogP contribution in [0.25, 0.3) is 0 Å². The summed E-state index contributed by atoms with van der Waals surface area (Å²) in [5.74, 6) is 0.431. The van der Waals surface area contributed by atoms with Gasteiger partial charge in [0.05, 0.1) is 0 Å². The molecule has 0 bridgehead atoms. The van der Waals surface area contributed by atoms with Crippen LogP contribution in [0.2, 0.25) is 0 Å². The molecular weight excluding hydrogens is 212 g/mol. The van der Waals surface area contributed by atoms with Gasteiger partial charge in [0.15, 0.2) is 0 Å². The van der Waals surface area contributed by atoms with E-state index < -0.39 is 10.2 Å². The maximum absolute atomic E-state index is 11.7. The van der Waals surface area contributed by atoms with Crippen molar-refractivity contribution in [3.63, 3.8) is 0 Å². The van der Waals surface area contributed by atoms with Crippen molar-refractivity contribution >= 4 is 10.2 Å². The summed E-state index contributed by atoms with van der Waals surface area (Å²) in [4.78, 5) is 0. The van der Waals surface area contributed by atoms with Crippen molar-refractivity contribution in [1.29, 1.82) is 0 Å². The van der Waals surface area contributed by atoms with Crippen LogP contribution in [0.1, 0.15) is 40.5 Å². The van der Waals surface area contributed by atoms with Gasteiger partial charge in [-0.05, 0) is 19.8 Å². The van der Waals surface area contributed by atoms with E-state index in [0.29, 0.717) is 12.5 Å². The normalized spacial score (nSPS) is 13.1. The Morgan fingerprint density at radius 2 is 1.67 bits per heavy atom. The molecule has 0 aliphatic rings. The summed E-state index contributed by atoms with van der Waals surface area (Å²) in [5.41, 5.74) is 0. The largest absolute Gasteiger partial charge is 0.279 e. The van der Waals surface area contributed by atoms with E-state index in [4.69, 9.17) is 0 Å². The van der Waals surface area contributed by atoms with E-state index in [9.17, 15) is 8.42 Å². The van der Waals surface area contributed by atoms with E-state index in [1.165, 1.54) is 4.31 Å². The highest BCUT2D eigenvalue weighted by Crippen LogP contribution is 2.07. The molecule has 15 heavy (non-hydrogen) atoms. The number of rotatable bonds is 7. The molecule has 0 atom stereocenters. The van der Waals surface area contributed by atoms with Crippen molar-refractivity contribution in [3.05, 3.63) is 0 Å². The Kier molecular flexibility index (Phi) is 6.40. The van der Waals surface area contributed by atoms with Gasteiger partial charge >= 0.3 is 0 Å². The monoisotopic (exact) mass is 236 g/mol. The molecule has 1 N–H and O–H groups in total. The Labute approximate surface area is 94.2 Å². The molecule has 0 aliphatic carbocycles. The van der Waals surface area contributed by atoms with E-state index >= 15 is 0 Å². The zero-order valence-electron chi connectivity index (χ0n) is 10.4. The van der Waals surface area contributed by atoms with Crippen molar-refractivity contribution in [3.8, 4) is 0 Å². The molecule has 0 aliphatic heterocycles. The summed E-state index contributed by atoms with van der Waals surface area (Å²) in [7, 11) is -1.69. The smallest absolute Gasteiger partial charge is 0.202 e. The van der Waals surface area contributed by atoms with Gasteiger partial charge in [-0.25, -0.2) is 4.72 Å². The van der Waals surface area contributed by atoms with Gasteiger partial charge in [0, 0.05) is 19.6 Å². The van der Waals surface area contributed by atoms with Crippen LogP contribution < -0.4 is 4.72 Å². The van der Waals surface area contributed by atoms with Gasteiger partial charge < -0.3 is 0 Å². The molecule has 0 aromatic carbocycles. The second-order valence-corrected chi connectivity index (χ2v) is 5.96. The molecule has 5 heteroatoms. The molecule has 0 unspecified atom stereocenters. The molecule has 0 saturated heterocycles. The van der Waals surface area contributed by atoms with E-state index in [1.807, 2.05) is 13.8 Å². The standard InChI is InChI=1S/C10H24N2O2S/c1-6-10(7-2)8-11-15(13,14)12(5)9(3)4/h9-11H,6-8H2,1-5H3. The molecule has 4 nitrogen and oxygen atoms in total. The predicted octanol–water partition coefficient (Wildman–Crippen LogP) is 1.60. The van der Waals surface area contributed by atoms with E-state index in [2.05, 4.69) is 18.6 Å². The summed E-state index contributed by atoms with van der Waals surface area (Å²) >= 11 is 0. The lowest BCUT2D eigenvalue weighted by atomic mass is 10.0. The van der Waals surface area contributed by atoms with Gasteiger partial charge in [0.2, 0.25) is 0 Å². The summed E-state index contributed by atoms with van der Waals surface area (Å²) in [6, 6.07) is -0.01000. The zero-order chi connectivity index (χ0) is 12.1. The molecule has 0 heterocycles. The Hall–Kier alpha value is -0.130. The zero-order valence-corrected chi connectivity index (χ0v) is 11.3. The Balaban J connectivity index is 4.27. The molecule has 0 aromatic rings. The minimum Gasteiger partial charge on any atom is -0.202 e. The van der Waals surface area contributed by atoms with Gasteiger partial charge in [-0.15, -0.1) is 0 Å². The second kappa shape index (κ2) is 6.45. The minimum atomic E-state index is -3.29. The fraction of sp³-hybridized carbons (Fsp3) is 1.00. The van der Waals surface area contributed by atoms with Crippen molar-refractivity contribution < 1.29 is 8.42 Å². The summed E-state index contributed by atoms with van der Waals surface area (Å²) in [5, 5.41) is 0. The first-order valence-corrected chi connectivity index (χ1v) is 7.01. The molecule has 92 valence electrons. The van der Waals surface area contributed by atoms with E-state index in [1.54, 1.807) is 7.05 Å². The molecule has 0 radical (unpaired) electrons. The Morgan fingerprint density at radius 1 is 1.20 bits per heavy atom. The van der Waals surface area contributed by atoms with Gasteiger partial charge in [-0.3, -0.25) is 0 Å². The average molecular weight is 236 g/mol. The summed E-state index contributed by atoms with van der Waals surface area (Å²) in [6.45, 7) is 8.41. The Morgan fingerprint density at radius 3 is 2.00 bits per heavy atom. The van der Waals surface area contributed by atoms with Crippen LogP contribution >= 0.6 is 0 Å². The second-order valence-electron chi connectivity index (χ2n) is 4.15. The fourth-order valence-electron chi connectivity index (χ4n) is 1.18. The first-order valence-electron chi connectivity index (χ1n) is 5.57. The van der Waals surface area contributed by atoms with Crippen molar-refractivity contribution in [2.45, 2.75) is 46.6 Å². The molecule has 0 spiro atoms. The highest BCUT2D eigenvalue weighted by molar-refractivity contribution is 7.87. The number of nitrogens with zero attached hydrogens (tertiary/aromatic N) is 1. The minimum absolute atomic E-state index is 0.01000. The van der Waals surface area contributed by atoms with Gasteiger partial charge in [-0.1, -0.05) is 26.7 Å². The van der Waals surface area contributed by atoms with Gasteiger partial charge in [0.25, 0.3) is 10.2 Å². The third-order valence-electron chi connectivity index (χ3n) is 2.82. The molecule has 0 rings (SSSR count). The fourth-order valence-corrected chi connectivity index (χ4v) is 2.38. The first-order chi connectivity index (χ1) is 6.85. The molecule has 0 amide bonds. The van der Waals surface area contributed by atoms with Crippen LogP contribution in [0, 0.1) is 5.92 Å². The maximum atomic E-state index is 11.7. The van der Waals surface area contributed by atoms with Crippen molar-refractivity contribution in [1.82, 2.24) is 9.03 Å². The predicted molar refractivity (Wildman–Crippen MR) is 63.9 cm³/mol. The lowest BCUT2D eigenvalue weighted by molar-refractivity contribution is 0.393. The lowest BCUT2D eigenvalue weighted by Crippen LogP contribution is -2.43. The molecular formula is C10H24N2O2S. The highest BCUT2D eigenvalue weighted by atomic mass is 32.2. The summed E-state index contributed by atoms with van der Waals surface area (Å²) in [6.07, 6.45) is 2.01. The van der Waals surface area contributed by atoms with Crippen LogP contribution in [0.3, 0.4) is 0 Å². The Bertz CT molecular complexity index is 259. The van der Waals surface area contributed by atoms with Crippen LogP contribution in [0.5, 0.6) is 0 Å². The number of hydrogen-bond acceptors (Lipinski definition) is 2. The quantitative estimate of drug-likeness (QED) is 0.730. The third-order valence-corrected chi connectivity index (χ3v) is 4.53. The van der Waals surface area contributed by atoms with Crippen LogP contribution in [-0.4, -0.2) is 32.4 Å². The lowest BCUT2D eigenvalue weighted by Gasteiger charge is -2.22. The van der Waals surface area contributed by atoms with Gasteiger partial charge in [0.1, 0.15) is 0 Å².